The predicted molar refractivity (Wildman–Crippen MR) is 77.9 cm³/mol. The zero-order valence-corrected chi connectivity index (χ0v) is 11.6. The minimum Gasteiger partial charge on any atom is -0.388 e. The van der Waals surface area contributed by atoms with Gasteiger partial charge in [-0.2, -0.15) is 0 Å². The van der Waals surface area contributed by atoms with Crippen molar-refractivity contribution in [2.45, 2.75) is 26.2 Å². The molecule has 5 heteroatoms. The molecule has 104 valence electrons. The van der Waals surface area contributed by atoms with E-state index in [2.05, 4.69) is 17.1 Å². The van der Waals surface area contributed by atoms with Crippen LogP contribution in [0.25, 0.3) is 0 Å². The average Bonchev–Trinajstić information content (AvgIpc) is 3.21. The van der Waals surface area contributed by atoms with Gasteiger partial charge in [0, 0.05) is 43.6 Å². The van der Waals surface area contributed by atoms with E-state index in [0.717, 1.165) is 36.8 Å². The normalized spacial score (nSPS) is 14.2. The Bertz CT molecular complexity index is 458. The number of hydrogen-bond donors (Lipinski definition) is 1. The minimum atomic E-state index is -0.328. The first-order chi connectivity index (χ1) is 9.13. The molecule has 2 rings (SSSR count). The zero-order valence-electron chi connectivity index (χ0n) is 11.6. The third-order valence-corrected chi connectivity index (χ3v) is 3.44. The summed E-state index contributed by atoms with van der Waals surface area (Å²) in [7, 11) is 1.79. The monoisotopic (exact) mass is 263 g/mol. The van der Waals surface area contributed by atoms with E-state index in [-0.39, 0.29) is 10.6 Å². The minimum absolute atomic E-state index is 0.152. The quantitative estimate of drug-likeness (QED) is 0.606. The van der Waals surface area contributed by atoms with Gasteiger partial charge in [0.25, 0.3) is 5.69 Å². The van der Waals surface area contributed by atoms with Crippen molar-refractivity contribution in [3.8, 4) is 0 Å². The molecule has 0 aliphatic heterocycles. The summed E-state index contributed by atoms with van der Waals surface area (Å²) in [6, 6.07) is 5.24. The molecule has 1 aromatic rings. The van der Waals surface area contributed by atoms with E-state index in [1.54, 1.807) is 19.2 Å². The van der Waals surface area contributed by atoms with Crippen LogP contribution in [0.1, 0.15) is 26.2 Å². The summed E-state index contributed by atoms with van der Waals surface area (Å²) in [4.78, 5) is 12.9. The first-order valence-corrected chi connectivity index (χ1v) is 6.86. The van der Waals surface area contributed by atoms with Crippen LogP contribution in [0.2, 0.25) is 0 Å². The fraction of sp³-hybridized carbons (Fsp3) is 0.571. The topological polar surface area (TPSA) is 58.4 Å². The van der Waals surface area contributed by atoms with E-state index in [0.29, 0.717) is 0 Å². The lowest BCUT2D eigenvalue weighted by Crippen LogP contribution is -2.26. The highest BCUT2D eigenvalue weighted by Crippen LogP contribution is 2.33. The molecule has 1 aliphatic carbocycles. The Hall–Kier alpha value is -1.78. The van der Waals surface area contributed by atoms with Crippen molar-refractivity contribution in [2.24, 2.45) is 5.92 Å². The number of nitrogens with zero attached hydrogens (tertiary/aromatic N) is 2. The van der Waals surface area contributed by atoms with Crippen molar-refractivity contribution < 1.29 is 4.92 Å². The Kier molecular flexibility index (Phi) is 4.24. The molecular weight excluding hydrogens is 242 g/mol. The SMILES string of the molecule is CCCN(CC1CC1)c1cc(NC)cc([N+](=O)[O-])c1. The van der Waals surface area contributed by atoms with Crippen LogP contribution < -0.4 is 10.2 Å². The zero-order chi connectivity index (χ0) is 13.8. The Balaban J connectivity index is 2.27. The van der Waals surface area contributed by atoms with Gasteiger partial charge in [-0.15, -0.1) is 0 Å². The standard InChI is InChI=1S/C14H21N3O2/c1-3-6-16(10-11-4-5-11)13-7-12(15-2)8-14(9-13)17(18)19/h7-9,11,15H,3-6,10H2,1-2H3. The van der Waals surface area contributed by atoms with E-state index in [9.17, 15) is 10.1 Å². The van der Waals surface area contributed by atoms with Crippen LogP contribution in [0.5, 0.6) is 0 Å². The highest BCUT2D eigenvalue weighted by atomic mass is 16.6. The second-order valence-corrected chi connectivity index (χ2v) is 5.13. The second kappa shape index (κ2) is 5.91. The van der Waals surface area contributed by atoms with Crippen molar-refractivity contribution >= 4 is 17.1 Å². The summed E-state index contributed by atoms with van der Waals surface area (Å²) in [5, 5.41) is 14.0. The van der Waals surface area contributed by atoms with Gasteiger partial charge >= 0.3 is 0 Å². The van der Waals surface area contributed by atoms with Crippen molar-refractivity contribution in [1.82, 2.24) is 0 Å². The number of non-ortho nitro benzene ring substituents is 1. The van der Waals surface area contributed by atoms with Gasteiger partial charge in [0.1, 0.15) is 0 Å². The van der Waals surface area contributed by atoms with Crippen molar-refractivity contribution in [3.63, 3.8) is 0 Å². The van der Waals surface area contributed by atoms with E-state index in [4.69, 9.17) is 0 Å². The largest absolute Gasteiger partial charge is 0.388 e. The molecule has 5 nitrogen and oxygen atoms in total. The van der Waals surface area contributed by atoms with E-state index in [1.165, 1.54) is 12.8 Å². The van der Waals surface area contributed by atoms with Crippen molar-refractivity contribution in [2.75, 3.05) is 30.4 Å². The van der Waals surface area contributed by atoms with Crippen LogP contribution in [-0.4, -0.2) is 25.1 Å². The highest BCUT2D eigenvalue weighted by molar-refractivity contribution is 5.64. The molecule has 1 fully saturated rings. The van der Waals surface area contributed by atoms with Gasteiger partial charge in [0.2, 0.25) is 0 Å². The summed E-state index contributed by atoms with van der Waals surface area (Å²) in [5.41, 5.74) is 1.90. The molecule has 1 N–H and O–H groups in total. The van der Waals surface area contributed by atoms with Crippen LogP contribution >= 0.6 is 0 Å². The first kappa shape index (κ1) is 13.6. The van der Waals surface area contributed by atoms with Crippen LogP contribution in [0.4, 0.5) is 17.1 Å². The van der Waals surface area contributed by atoms with Crippen LogP contribution in [0.15, 0.2) is 18.2 Å². The van der Waals surface area contributed by atoms with E-state index >= 15 is 0 Å². The number of hydrogen-bond acceptors (Lipinski definition) is 4. The van der Waals surface area contributed by atoms with E-state index in [1.807, 2.05) is 6.07 Å². The smallest absolute Gasteiger partial charge is 0.273 e. The Labute approximate surface area is 113 Å². The fourth-order valence-electron chi connectivity index (χ4n) is 2.24. The number of nitro benzene ring substituents is 1. The molecule has 0 unspecified atom stereocenters. The van der Waals surface area contributed by atoms with Gasteiger partial charge in [-0.05, 0) is 31.2 Å². The first-order valence-electron chi connectivity index (χ1n) is 6.86. The van der Waals surface area contributed by atoms with Gasteiger partial charge in [0.05, 0.1) is 4.92 Å². The maximum Gasteiger partial charge on any atom is 0.273 e. The molecule has 19 heavy (non-hydrogen) atoms. The van der Waals surface area contributed by atoms with Gasteiger partial charge in [0.15, 0.2) is 0 Å². The summed E-state index contributed by atoms with van der Waals surface area (Å²) < 4.78 is 0. The Morgan fingerprint density at radius 3 is 2.68 bits per heavy atom. The maximum atomic E-state index is 11.0. The number of nitrogens with one attached hydrogen (secondary N) is 1. The second-order valence-electron chi connectivity index (χ2n) is 5.13. The lowest BCUT2D eigenvalue weighted by atomic mass is 10.2. The number of nitro groups is 1. The maximum absolute atomic E-state index is 11.0. The number of rotatable bonds is 7. The fourth-order valence-corrected chi connectivity index (χ4v) is 2.24. The van der Waals surface area contributed by atoms with Crippen LogP contribution in [0, 0.1) is 16.0 Å². The van der Waals surface area contributed by atoms with Crippen molar-refractivity contribution in [1.29, 1.82) is 0 Å². The van der Waals surface area contributed by atoms with Gasteiger partial charge in [-0.1, -0.05) is 6.92 Å². The number of anilines is 2. The lowest BCUT2D eigenvalue weighted by molar-refractivity contribution is -0.384. The van der Waals surface area contributed by atoms with Gasteiger partial charge < -0.3 is 10.2 Å². The molecule has 0 radical (unpaired) electrons. The third kappa shape index (κ3) is 3.59. The molecule has 0 spiro atoms. The van der Waals surface area contributed by atoms with Gasteiger partial charge in [-0.25, -0.2) is 0 Å². The lowest BCUT2D eigenvalue weighted by Gasteiger charge is -2.24. The summed E-state index contributed by atoms with van der Waals surface area (Å²) in [6.45, 7) is 4.09. The van der Waals surface area contributed by atoms with Crippen LogP contribution in [-0.2, 0) is 0 Å². The molecule has 1 aliphatic rings. The molecule has 0 heterocycles. The Morgan fingerprint density at radius 1 is 1.42 bits per heavy atom. The summed E-state index contributed by atoms with van der Waals surface area (Å²) in [5.74, 6) is 0.767. The third-order valence-electron chi connectivity index (χ3n) is 3.44. The van der Waals surface area contributed by atoms with E-state index < -0.39 is 0 Å². The molecule has 0 amide bonds. The molecule has 1 aromatic carbocycles. The number of benzene rings is 1. The van der Waals surface area contributed by atoms with Crippen LogP contribution in [0.3, 0.4) is 0 Å². The van der Waals surface area contributed by atoms with Crippen molar-refractivity contribution in [3.05, 3.63) is 28.3 Å². The highest BCUT2D eigenvalue weighted by Gasteiger charge is 2.25. The predicted octanol–water partition coefficient (Wildman–Crippen LogP) is 3.26. The Morgan fingerprint density at radius 2 is 2.16 bits per heavy atom. The molecule has 0 saturated heterocycles. The molecule has 1 saturated carbocycles. The molecular formula is C14H21N3O2. The molecule has 0 atom stereocenters. The average molecular weight is 263 g/mol. The summed E-state index contributed by atoms with van der Waals surface area (Å²) in [6.07, 6.45) is 3.62. The molecule has 0 aromatic heterocycles. The van der Waals surface area contributed by atoms with Gasteiger partial charge in [-0.3, -0.25) is 10.1 Å². The summed E-state index contributed by atoms with van der Waals surface area (Å²) >= 11 is 0. The molecule has 0 bridgehead atoms.